The van der Waals surface area contributed by atoms with Crippen LogP contribution in [0.3, 0.4) is 0 Å². The third kappa shape index (κ3) is 6.79. The van der Waals surface area contributed by atoms with E-state index in [9.17, 15) is 0 Å². The highest BCUT2D eigenvalue weighted by Gasteiger charge is 2.32. The van der Waals surface area contributed by atoms with Gasteiger partial charge in [-0.25, -0.2) is 0 Å². The molecule has 0 saturated carbocycles. The van der Waals surface area contributed by atoms with Gasteiger partial charge in [-0.05, 0) is 69.5 Å². The van der Waals surface area contributed by atoms with Crippen LogP contribution in [-0.4, -0.2) is 81.5 Å². The van der Waals surface area contributed by atoms with Crippen molar-refractivity contribution >= 4 is 41.3 Å². The molecule has 0 aromatic carbocycles. The van der Waals surface area contributed by atoms with Crippen molar-refractivity contribution in [1.29, 1.82) is 0 Å². The second kappa shape index (κ2) is 12.7. The number of guanidine groups is 1. The molecule has 3 saturated heterocycles. The molecule has 0 radical (unpaired) electrons. The van der Waals surface area contributed by atoms with E-state index < -0.39 is 0 Å². The molecule has 31 heavy (non-hydrogen) atoms. The monoisotopic (exact) mass is 562 g/mol. The van der Waals surface area contributed by atoms with Crippen LogP contribution in [0.2, 0.25) is 0 Å². The maximum atomic E-state index is 6.13. The van der Waals surface area contributed by atoms with Gasteiger partial charge >= 0.3 is 0 Å². The molecular formula is C23H39IN4O2S. The largest absolute Gasteiger partial charge is 0.376 e. The van der Waals surface area contributed by atoms with Gasteiger partial charge in [-0.3, -0.25) is 9.89 Å². The first-order valence-corrected chi connectivity index (χ1v) is 12.5. The molecule has 176 valence electrons. The van der Waals surface area contributed by atoms with Crippen LogP contribution in [0.25, 0.3) is 0 Å². The molecule has 1 aromatic heterocycles. The summed E-state index contributed by atoms with van der Waals surface area (Å²) < 4.78 is 11.8. The molecule has 3 aliphatic heterocycles. The molecule has 4 heterocycles. The molecule has 1 aromatic rings. The van der Waals surface area contributed by atoms with Crippen molar-refractivity contribution in [2.24, 2.45) is 10.9 Å². The molecular weight excluding hydrogens is 523 g/mol. The van der Waals surface area contributed by atoms with Crippen LogP contribution in [0.15, 0.2) is 22.5 Å². The number of hydrogen-bond acceptors (Lipinski definition) is 5. The van der Waals surface area contributed by atoms with Crippen LogP contribution in [0.1, 0.15) is 49.4 Å². The Morgan fingerprint density at radius 2 is 2.06 bits per heavy atom. The number of aliphatic imine (C=N–C) groups is 1. The van der Waals surface area contributed by atoms with Crippen LogP contribution < -0.4 is 5.32 Å². The molecule has 0 aliphatic carbocycles. The molecule has 3 aliphatic rings. The lowest BCUT2D eigenvalue weighted by Gasteiger charge is -2.40. The van der Waals surface area contributed by atoms with Gasteiger partial charge in [-0.15, -0.1) is 35.3 Å². The summed E-state index contributed by atoms with van der Waals surface area (Å²) >= 11 is 1.89. The Bertz CT molecular complexity index is 661. The van der Waals surface area contributed by atoms with E-state index >= 15 is 0 Å². The number of hydrogen-bond donors (Lipinski definition) is 1. The SMILES string of the molecule is CN=C(NCC1CCCN(C)C1c1cccs1)N1CCC(OCC2CCCO2)CC1.I. The third-order valence-electron chi connectivity index (χ3n) is 6.86. The second-order valence-electron chi connectivity index (χ2n) is 8.93. The highest BCUT2D eigenvalue weighted by atomic mass is 127. The van der Waals surface area contributed by atoms with Gasteiger partial charge in [0.2, 0.25) is 0 Å². The van der Waals surface area contributed by atoms with E-state index in [1.807, 2.05) is 18.4 Å². The lowest BCUT2D eigenvalue weighted by Crippen LogP contribution is -2.49. The Balaban J connectivity index is 0.00000272. The average Bonchev–Trinajstić information content (AvgIpc) is 3.48. The summed E-state index contributed by atoms with van der Waals surface area (Å²) in [6.07, 6.45) is 7.69. The van der Waals surface area contributed by atoms with Crippen molar-refractivity contribution in [3.05, 3.63) is 22.4 Å². The zero-order valence-electron chi connectivity index (χ0n) is 19.0. The zero-order chi connectivity index (χ0) is 20.8. The standard InChI is InChI=1S/C23H38N4O2S.HI/c1-24-23(27-12-9-19(10-13-27)29-17-20-7-4-14-28-20)25-16-18-6-3-11-26(2)22(18)21-8-5-15-30-21;/h5,8,15,18-20,22H,3-4,6-7,9-14,16-17H2,1-2H3,(H,24,25);1H. The van der Waals surface area contributed by atoms with E-state index in [0.29, 0.717) is 24.2 Å². The van der Waals surface area contributed by atoms with E-state index in [-0.39, 0.29) is 24.0 Å². The number of ether oxygens (including phenoxy) is 2. The third-order valence-corrected chi connectivity index (χ3v) is 7.80. The fraction of sp³-hybridized carbons (Fsp3) is 0.783. The van der Waals surface area contributed by atoms with Crippen molar-refractivity contribution in [2.45, 2.75) is 56.8 Å². The molecule has 1 N–H and O–H groups in total. The molecule has 3 fully saturated rings. The summed E-state index contributed by atoms with van der Waals surface area (Å²) in [6.45, 7) is 5.85. The van der Waals surface area contributed by atoms with Crippen molar-refractivity contribution in [3.63, 3.8) is 0 Å². The zero-order valence-corrected chi connectivity index (χ0v) is 22.1. The van der Waals surface area contributed by atoms with E-state index in [4.69, 9.17) is 9.47 Å². The predicted molar refractivity (Wildman–Crippen MR) is 139 cm³/mol. The minimum absolute atomic E-state index is 0. The van der Waals surface area contributed by atoms with Gasteiger partial charge in [-0.2, -0.15) is 0 Å². The Hall–Kier alpha value is -0.420. The van der Waals surface area contributed by atoms with E-state index in [1.165, 1.54) is 30.7 Å². The van der Waals surface area contributed by atoms with E-state index in [2.05, 4.69) is 44.7 Å². The van der Waals surface area contributed by atoms with Crippen LogP contribution in [-0.2, 0) is 9.47 Å². The first-order chi connectivity index (χ1) is 14.7. The second-order valence-corrected chi connectivity index (χ2v) is 9.91. The quantitative estimate of drug-likeness (QED) is 0.323. The van der Waals surface area contributed by atoms with Crippen molar-refractivity contribution < 1.29 is 9.47 Å². The van der Waals surface area contributed by atoms with Crippen LogP contribution >= 0.6 is 35.3 Å². The minimum atomic E-state index is 0. The number of thiophene rings is 1. The number of rotatable bonds is 6. The number of nitrogens with zero attached hydrogens (tertiary/aromatic N) is 3. The van der Waals surface area contributed by atoms with Crippen LogP contribution in [0.5, 0.6) is 0 Å². The van der Waals surface area contributed by atoms with Gasteiger partial charge < -0.3 is 19.7 Å². The van der Waals surface area contributed by atoms with Gasteiger partial charge in [0.25, 0.3) is 0 Å². The lowest BCUT2D eigenvalue weighted by atomic mass is 9.88. The maximum absolute atomic E-state index is 6.13. The fourth-order valence-electron chi connectivity index (χ4n) is 5.19. The van der Waals surface area contributed by atoms with Crippen molar-refractivity contribution in [2.75, 3.05) is 53.5 Å². The molecule has 0 amide bonds. The van der Waals surface area contributed by atoms with Gasteiger partial charge in [0.15, 0.2) is 5.96 Å². The Morgan fingerprint density at radius 1 is 1.23 bits per heavy atom. The molecule has 8 heteroatoms. The normalized spacial score (nSPS) is 28.5. The Kier molecular flexibility index (Phi) is 10.3. The van der Waals surface area contributed by atoms with Crippen LogP contribution in [0.4, 0.5) is 0 Å². The summed E-state index contributed by atoms with van der Waals surface area (Å²) in [5.74, 6) is 1.66. The van der Waals surface area contributed by atoms with Gasteiger partial charge in [0, 0.05) is 44.2 Å². The molecule has 0 spiro atoms. The van der Waals surface area contributed by atoms with Gasteiger partial charge in [-0.1, -0.05) is 6.07 Å². The first kappa shape index (κ1) is 25.2. The van der Waals surface area contributed by atoms with E-state index in [1.54, 1.807) is 0 Å². The predicted octanol–water partition coefficient (Wildman–Crippen LogP) is 3.98. The maximum Gasteiger partial charge on any atom is 0.193 e. The number of nitrogens with one attached hydrogen (secondary N) is 1. The molecule has 4 rings (SSSR count). The minimum Gasteiger partial charge on any atom is -0.376 e. The summed E-state index contributed by atoms with van der Waals surface area (Å²) in [6, 6.07) is 4.98. The average molecular weight is 563 g/mol. The van der Waals surface area contributed by atoms with Crippen molar-refractivity contribution in [3.8, 4) is 0 Å². The Morgan fingerprint density at radius 3 is 2.74 bits per heavy atom. The van der Waals surface area contributed by atoms with Crippen molar-refractivity contribution in [1.82, 2.24) is 15.1 Å². The van der Waals surface area contributed by atoms with Gasteiger partial charge in [0.05, 0.1) is 18.8 Å². The smallest absolute Gasteiger partial charge is 0.193 e. The van der Waals surface area contributed by atoms with E-state index in [0.717, 1.165) is 58.1 Å². The summed E-state index contributed by atoms with van der Waals surface area (Å²) in [5.41, 5.74) is 0. The highest BCUT2D eigenvalue weighted by molar-refractivity contribution is 14.0. The lowest BCUT2D eigenvalue weighted by molar-refractivity contribution is -0.0367. The number of piperidine rings is 2. The molecule has 6 nitrogen and oxygen atoms in total. The number of halogens is 1. The molecule has 3 unspecified atom stereocenters. The topological polar surface area (TPSA) is 49.3 Å². The van der Waals surface area contributed by atoms with Gasteiger partial charge in [0.1, 0.15) is 0 Å². The first-order valence-electron chi connectivity index (χ1n) is 11.7. The summed E-state index contributed by atoms with van der Waals surface area (Å²) in [7, 11) is 4.18. The molecule has 0 bridgehead atoms. The summed E-state index contributed by atoms with van der Waals surface area (Å²) in [4.78, 5) is 11.0. The molecule has 3 atom stereocenters. The fourth-order valence-corrected chi connectivity index (χ4v) is 6.17. The van der Waals surface area contributed by atoms with Crippen LogP contribution in [0, 0.1) is 5.92 Å². The highest BCUT2D eigenvalue weighted by Crippen LogP contribution is 2.36. The number of likely N-dealkylation sites (tertiary alicyclic amines) is 2. The summed E-state index contributed by atoms with van der Waals surface area (Å²) in [5, 5.41) is 5.91. The Labute approximate surface area is 208 Å².